The van der Waals surface area contributed by atoms with E-state index in [4.69, 9.17) is 4.74 Å². The monoisotopic (exact) mass is 583 g/mol. The molecule has 12 heteroatoms. The number of nitrogens with zero attached hydrogens (tertiary/aromatic N) is 1. The molecule has 0 bridgehead atoms. The van der Waals surface area contributed by atoms with Gasteiger partial charge in [0, 0.05) is 11.4 Å². The highest BCUT2D eigenvalue weighted by atomic mass is 32.2. The summed E-state index contributed by atoms with van der Waals surface area (Å²) in [4.78, 5) is 12.8. The molecule has 0 spiro atoms. The lowest BCUT2D eigenvalue weighted by molar-refractivity contribution is -0.114. The minimum atomic E-state index is -4.23. The molecule has 0 radical (unpaired) electrons. The minimum Gasteiger partial charge on any atom is -0.497 e. The molecular weight excluding hydrogens is 557 g/mol. The predicted molar refractivity (Wildman–Crippen MR) is 151 cm³/mol. The number of rotatable bonds is 10. The van der Waals surface area contributed by atoms with Crippen LogP contribution in [0.4, 0.5) is 21.5 Å². The van der Waals surface area contributed by atoms with Crippen LogP contribution in [0.25, 0.3) is 0 Å². The number of hydrogen-bond donors (Lipinski definition) is 2. The highest BCUT2D eigenvalue weighted by molar-refractivity contribution is 7.93. The van der Waals surface area contributed by atoms with E-state index in [1.165, 1.54) is 67.8 Å². The molecule has 208 valence electrons. The number of sulfonamides is 2. The van der Waals surface area contributed by atoms with E-state index in [-0.39, 0.29) is 21.2 Å². The van der Waals surface area contributed by atoms with Crippen molar-refractivity contribution in [2.24, 2.45) is 0 Å². The van der Waals surface area contributed by atoms with Crippen LogP contribution in [-0.2, 0) is 24.8 Å². The van der Waals surface area contributed by atoms with Gasteiger partial charge in [0.2, 0.25) is 5.91 Å². The zero-order valence-corrected chi connectivity index (χ0v) is 23.2. The van der Waals surface area contributed by atoms with Crippen LogP contribution >= 0.6 is 0 Å². The van der Waals surface area contributed by atoms with E-state index in [2.05, 4.69) is 10.0 Å². The number of carbonyl (C=O) groups is 1. The van der Waals surface area contributed by atoms with E-state index < -0.39 is 38.3 Å². The Balaban J connectivity index is 1.53. The first-order chi connectivity index (χ1) is 19.0. The maximum Gasteiger partial charge on any atom is 0.264 e. The van der Waals surface area contributed by atoms with Gasteiger partial charge in [-0.05, 0) is 97.4 Å². The summed E-state index contributed by atoms with van der Waals surface area (Å²) in [5.74, 6) is -0.818. The molecule has 0 unspecified atom stereocenters. The quantitative estimate of drug-likeness (QED) is 0.277. The van der Waals surface area contributed by atoms with E-state index in [1.54, 1.807) is 18.2 Å². The topological polar surface area (TPSA) is 122 Å². The third-order valence-electron chi connectivity index (χ3n) is 5.77. The molecule has 4 aromatic rings. The fourth-order valence-corrected chi connectivity index (χ4v) is 6.24. The Morgan fingerprint density at radius 1 is 0.825 bits per heavy atom. The Bertz CT molecular complexity index is 1710. The minimum absolute atomic E-state index is 0.0259. The molecule has 0 aliphatic heterocycles. The molecule has 0 saturated heterocycles. The molecule has 9 nitrogen and oxygen atoms in total. The van der Waals surface area contributed by atoms with Gasteiger partial charge < -0.3 is 10.1 Å². The van der Waals surface area contributed by atoms with Gasteiger partial charge in [0.15, 0.2) is 0 Å². The number of amides is 1. The molecule has 4 rings (SSSR count). The molecule has 0 aliphatic rings. The van der Waals surface area contributed by atoms with Crippen LogP contribution in [-0.4, -0.2) is 36.4 Å². The summed E-state index contributed by atoms with van der Waals surface area (Å²) in [6.45, 7) is 1.21. The van der Waals surface area contributed by atoms with Crippen LogP contribution in [0, 0.1) is 12.7 Å². The number of aryl methyl sites for hydroxylation is 1. The first-order valence-electron chi connectivity index (χ1n) is 11.9. The molecule has 0 atom stereocenters. The molecule has 0 aliphatic carbocycles. The lowest BCUT2D eigenvalue weighted by Crippen LogP contribution is -2.38. The summed E-state index contributed by atoms with van der Waals surface area (Å²) in [5.41, 5.74) is 1.63. The SMILES string of the molecule is COc1ccc(S(=O)(=O)N(CC(=O)Nc2ccc(S(=O)(=O)Nc3cccc(C)c3)cc2)c2ccc(F)cc2)cc1. The number of carbonyl (C=O) groups excluding carboxylic acids is 1. The normalized spacial score (nSPS) is 11.5. The van der Waals surface area contributed by atoms with E-state index in [9.17, 15) is 26.0 Å². The van der Waals surface area contributed by atoms with Gasteiger partial charge in [-0.1, -0.05) is 12.1 Å². The molecule has 2 N–H and O–H groups in total. The number of anilines is 3. The van der Waals surface area contributed by atoms with Gasteiger partial charge >= 0.3 is 0 Å². The van der Waals surface area contributed by atoms with Crippen molar-refractivity contribution < 1.29 is 30.8 Å². The second-order valence-electron chi connectivity index (χ2n) is 8.71. The number of nitrogens with one attached hydrogen (secondary N) is 2. The van der Waals surface area contributed by atoms with Crippen LogP contribution in [0.3, 0.4) is 0 Å². The molecule has 4 aromatic carbocycles. The summed E-state index contributed by atoms with van der Waals surface area (Å²) < 4.78 is 74.4. The first kappa shape index (κ1) is 28.6. The van der Waals surface area contributed by atoms with Crippen molar-refractivity contribution in [2.75, 3.05) is 28.0 Å². The van der Waals surface area contributed by atoms with Gasteiger partial charge in [-0.2, -0.15) is 0 Å². The molecule has 1 amide bonds. The largest absolute Gasteiger partial charge is 0.497 e. The Hall–Kier alpha value is -4.42. The number of hydrogen-bond acceptors (Lipinski definition) is 6. The van der Waals surface area contributed by atoms with E-state index >= 15 is 0 Å². The third-order valence-corrected chi connectivity index (χ3v) is 8.95. The van der Waals surface area contributed by atoms with Gasteiger partial charge in [-0.25, -0.2) is 21.2 Å². The van der Waals surface area contributed by atoms with Crippen molar-refractivity contribution in [3.63, 3.8) is 0 Å². The molecular formula is C28H26FN3O6S2. The van der Waals surface area contributed by atoms with Gasteiger partial charge in [-0.15, -0.1) is 0 Å². The van der Waals surface area contributed by atoms with Crippen molar-refractivity contribution in [3.8, 4) is 5.75 Å². The maximum absolute atomic E-state index is 13.6. The zero-order chi connectivity index (χ0) is 28.9. The van der Waals surface area contributed by atoms with Crippen LogP contribution < -0.4 is 19.1 Å². The smallest absolute Gasteiger partial charge is 0.264 e. The van der Waals surface area contributed by atoms with Crippen LogP contribution in [0.5, 0.6) is 5.75 Å². The summed E-state index contributed by atoms with van der Waals surface area (Å²) in [5, 5.41) is 2.58. The Morgan fingerprint density at radius 2 is 1.45 bits per heavy atom. The van der Waals surface area contributed by atoms with Crippen molar-refractivity contribution >= 4 is 43.0 Å². The van der Waals surface area contributed by atoms with Crippen molar-refractivity contribution in [2.45, 2.75) is 16.7 Å². The lowest BCUT2D eigenvalue weighted by atomic mass is 10.2. The van der Waals surface area contributed by atoms with Gasteiger partial charge in [-0.3, -0.25) is 13.8 Å². The van der Waals surface area contributed by atoms with Crippen LogP contribution in [0.2, 0.25) is 0 Å². The van der Waals surface area contributed by atoms with E-state index in [0.29, 0.717) is 11.4 Å². The standard InChI is InChI=1S/C28H26FN3O6S2/c1-20-4-3-5-23(18-20)31-39(34,35)26-14-8-22(9-15-26)30-28(33)19-32(24-10-6-21(29)7-11-24)40(36,37)27-16-12-25(38-2)13-17-27/h3-18,31H,19H2,1-2H3,(H,30,33). The van der Waals surface area contributed by atoms with Crippen molar-refractivity contribution in [1.82, 2.24) is 0 Å². The zero-order valence-electron chi connectivity index (χ0n) is 21.5. The third kappa shape index (κ3) is 6.77. The Labute approximate surface area is 232 Å². The van der Waals surface area contributed by atoms with E-state index in [1.807, 2.05) is 13.0 Å². The molecule has 0 fully saturated rings. The van der Waals surface area contributed by atoms with Crippen LogP contribution in [0.15, 0.2) is 107 Å². The number of methoxy groups -OCH3 is 1. The summed E-state index contributed by atoms with van der Waals surface area (Å²) in [6, 6.07) is 22.6. The van der Waals surface area contributed by atoms with Gasteiger partial charge in [0.25, 0.3) is 20.0 Å². The first-order valence-corrected chi connectivity index (χ1v) is 14.8. The number of ether oxygens (including phenoxy) is 1. The molecule has 40 heavy (non-hydrogen) atoms. The fraction of sp³-hybridized carbons (Fsp3) is 0.107. The average Bonchev–Trinajstić information content (AvgIpc) is 2.92. The van der Waals surface area contributed by atoms with Crippen LogP contribution in [0.1, 0.15) is 5.56 Å². The summed E-state index contributed by atoms with van der Waals surface area (Å²) in [6.07, 6.45) is 0. The fourth-order valence-electron chi connectivity index (χ4n) is 3.77. The summed E-state index contributed by atoms with van der Waals surface area (Å²) in [7, 11) is -6.66. The molecule has 0 saturated carbocycles. The summed E-state index contributed by atoms with van der Waals surface area (Å²) >= 11 is 0. The van der Waals surface area contributed by atoms with Crippen molar-refractivity contribution in [1.29, 1.82) is 0 Å². The number of halogens is 1. The Kier molecular flexibility index (Phi) is 8.40. The van der Waals surface area contributed by atoms with Gasteiger partial charge in [0.05, 0.1) is 22.6 Å². The number of benzene rings is 4. The van der Waals surface area contributed by atoms with Crippen molar-refractivity contribution in [3.05, 3.63) is 108 Å². The highest BCUT2D eigenvalue weighted by Crippen LogP contribution is 2.26. The second kappa shape index (κ2) is 11.8. The van der Waals surface area contributed by atoms with E-state index in [0.717, 1.165) is 22.0 Å². The lowest BCUT2D eigenvalue weighted by Gasteiger charge is -2.24. The highest BCUT2D eigenvalue weighted by Gasteiger charge is 2.27. The molecule has 0 aromatic heterocycles. The Morgan fingerprint density at radius 3 is 2.05 bits per heavy atom. The molecule has 0 heterocycles. The maximum atomic E-state index is 13.6. The second-order valence-corrected chi connectivity index (χ2v) is 12.3. The van der Waals surface area contributed by atoms with Gasteiger partial charge in [0.1, 0.15) is 18.1 Å². The average molecular weight is 584 g/mol. The predicted octanol–water partition coefficient (Wildman–Crippen LogP) is 4.78.